The highest BCUT2D eigenvalue weighted by molar-refractivity contribution is 6.32. The minimum absolute atomic E-state index is 0.119. The van der Waals surface area contributed by atoms with Crippen molar-refractivity contribution in [1.29, 1.82) is 0 Å². The minimum atomic E-state index is -0.548. The van der Waals surface area contributed by atoms with Crippen LogP contribution in [0.25, 0.3) is 0 Å². The lowest BCUT2D eigenvalue weighted by molar-refractivity contribution is -0.384. The highest BCUT2D eigenvalue weighted by Gasteiger charge is 2.15. The van der Waals surface area contributed by atoms with Gasteiger partial charge in [0.2, 0.25) is 5.91 Å². The highest BCUT2D eigenvalue weighted by atomic mass is 35.5. The quantitative estimate of drug-likeness (QED) is 0.350. The summed E-state index contributed by atoms with van der Waals surface area (Å²) in [6.45, 7) is 5.76. The van der Waals surface area contributed by atoms with Gasteiger partial charge >= 0.3 is 0 Å². The fourth-order valence-corrected chi connectivity index (χ4v) is 3.21. The molecule has 0 saturated heterocycles. The van der Waals surface area contributed by atoms with Crippen molar-refractivity contribution in [3.05, 3.63) is 73.5 Å². The first kappa shape index (κ1) is 22.6. The molecule has 0 aliphatic rings. The first-order chi connectivity index (χ1) is 14.6. The Morgan fingerprint density at radius 2 is 1.90 bits per heavy atom. The van der Waals surface area contributed by atoms with Crippen LogP contribution in [0.2, 0.25) is 10.0 Å². The number of nitro groups is 1. The maximum Gasteiger partial charge on any atom is 0.275 e. The fourth-order valence-electron chi connectivity index (χ4n) is 2.96. The number of ether oxygens (including phenoxy) is 1. The zero-order valence-electron chi connectivity index (χ0n) is 17.1. The van der Waals surface area contributed by atoms with Crippen molar-refractivity contribution < 1.29 is 14.5 Å². The number of non-ortho nitro benzene ring substituents is 1. The number of aromatic nitrogens is 2. The van der Waals surface area contributed by atoms with E-state index in [4.69, 9.17) is 27.9 Å². The molecule has 0 aliphatic carbocycles. The minimum Gasteiger partial charge on any atom is -0.457 e. The van der Waals surface area contributed by atoms with E-state index in [2.05, 4.69) is 10.4 Å². The number of hydrogen-bond acceptors (Lipinski definition) is 5. The third kappa shape index (κ3) is 5.53. The van der Waals surface area contributed by atoms with Crippen LogP contribution < -0.4 is 10.1 Å². The maximum atomic E-state index is 12.4. The summed E-state index contributed by atoms with van der Waals surface area (Å²) in [5.41, 5.74) is 2.33. The number of amides is 1. The van der Waals surface area contributed by atoms with Gasteiger partial charge in [0, 0.05) is 23.6 Å². The van der Waals surface area contributed by atoms with Crippen LogP contribution in [-0.2, 0) is 11.3 Å². The van der Waals surface area contributed by atoms with Crippen LogP contribution in [-0.4, -0.2) is 20.6 Å². The molecule has 0 aliphatic heterocycles. The van der Waals surface area contributed by atoms with Crippen LogP contribution in [0.15, 0.2) is 36.4 Å². The second-order valence-corrected chi connectivity index (χ2v) is 7.78. The van der Waals surface area contributed by atoms with Gasteiger partial charge in [0.25, 0.3) is 5.69 Å². The Morgan fingerprint density at radius 1 is 1.16 bits per heavy atom. The molecule has 3 rings (SSSR count). The molecule has 1 amide bonds. The number of halogens is 2. The van der Waals surface area contributed by atoms with Gasteiger partial charge in [-0.05, 0) is 44.5 Å². The van der Waals surface area contributed by atoms with Crippen LogP contribution in [0.4, 0.5) is 11.4 Å². The molecule has 0 bridgehead atoms. The van der Waals surface area contributed by atoms with Crippen LogP contribution >= 0.6 is 23.2 Å². The summed E-state index contributed by atoms with van der Waals surface area (Å²) in [5.74, 6) is 0.370. The molecule has 31 heavy (non-hydrogen) atoms. The van der Waals surface area contributed by atoms with Crippen molar-refractivity contribution in [1.82, 2.24) is 9.78 Å². The van der Waals surface area contributed by atoms with Gasteiger partial charge in [-0.3, -0.25) is 19.6 Å². The Kier molecular flexibility index (Phi) is 6.82. The Hall–Kier alpha value is -3.10. The van der Waals surface area contributed by atoms with E-state index in [0.717, 1.165) is 11.3 Å². The monoisotopic (exact) mass is 462 g/mol. The van der Waals surface area contributed by atoms with E-state index >= 15 is 0 Å². The molecule has 3 aromatic rings. The number of nitrogens with one attached hydrogen (secondary N) is 1. The number of carbonyl (C=O) groups is 1. The predicted molar refractivity (Wildman–Crippen MR) is 119 cm³/mol. The molecular formula is C21H20Cl2N4O4. The summed E-state index contributed by atoms with van der Waals surface area (Å²) in [4.78, 5) is 23.2. The highest BCUT2D eigenvalue weighted by Crippen LogP contribution is 2.31. The van der Waals surface area contributed by atoms with E-state index in [9.17, 15) is 14.9 Å². The topological polar surface area (TPSA) is 99.3 Å². The SMILES string of the molecule is Cc1cc(Oc2cc(NC(=O)CCn3nc(C)c(Cl)c3C)cc([N+](=O)[O-])c2)ccc1Cl. The van der Waals surface area contributed by atoms with Crippen LogP contribution in [0.3, 0.4) is 0 Å². The molecular weight excluding hydrogens is 443 g/mol. The molecule has 0 unspecified atom stereocenters. The smallest absolute Gasteiger partial charge is 0.275 e. The van der Waals surface area contributed by atoms with Crippen LogP contribution in [0.1, 0.15) is 23.4 Å². The summed E-state index contributed by atoms with van der Waals surface area (Å²) in [5, 5.41) is 19.4. The van der Waals surface area contributed by atoms with Crippen LogP contribution in [0, 0.1) is 30.9 Å². The third-order valence-electron chi connectivity index (χ3n) is 4.59. The number of anilines is 1. The van der Waals surface area contributed by atoms with E-state index in [-0.39, 0.29) is 29.5 Å². The second kappa shape index (κ2) is 9.36. The molecule has 1 heterocycles. The lowest BCUT2D eigenvalue weighted by Gasteiger charge is -2.11. The van der Waals surface area contributed by atoms with Crippen molar-refractivity contribution >= 4 is 40.5 Å². The average molecular weight is 463 g/mol. The Morgan fingerprint density at radius 3 is 2.52 bits per heavy atom. The van der Waals surface area contributed by atoms with E-state index in [0.29, 0.717) is 28.0 Å². The van der Waals surface area contributed by atoms with E-state index in [1.807, 2.05) is 13.8 Å². The number of hydrogen-bond donors (Lipinski definition) is 1. The molecule has 8 nitrogen and oxygen atoms in total. The van der Waals surface area contributed by atoms with Crippen LogP contribution in [0.5, 0.6) is 11.5 Å². The van der Waals surface area contributed by atoms with Gasteiger partial charge in [0.1, 0.15) is 11.5 Å². The summed E-state index contributed by atoms with van der Waals surface area (Å²) in [6, 6.07) is 9.15. The predicted octanol–water partition coefficient (Wildman–Crippen LogP) is 5.84. The molecule has 10 heteroatoms. The van der Waals surface area contributed by atoms with Gasteiger partial charge in [0.15, 0.2) is 0 Å². The molecule has 0 saturated carbocycles. The second-order valence-electron chi connectivity index (χ2n) is 6.99. The standard InChI is InChI=1S/C21H20Cl2N4O4/c1-12-8-17(4-5-19(12)22)31-18-10-15(9-16(11-18)27(29)30)24-20(28)6-7-26-14(3)21(23)13(2)25-26/h4-5,8-11H,6-7H2,1-3H3,(H,24,28). The molecule has 2 aromatic carbocycles. The number of benzene rings is 2. The van der Waals surface area contributed by atoms with Gasteiger partial charge < -0.3 is 10.1 Å². The van der Waals surface area contributed by atoms with Crippen molar-refractivity contribution in [2.75, 3.05) is 5.32 Å². The zero-order valence-corrected chi connectivity index (χ0v) is 18.6. The van der Waals surface area contributed by atoms with E-state index < -0.39 is 4.92 Å². The zero-order chi connectivity index (χ0) is 22.7. The van der Waals surface area contributed by atoms with Gasteiger partial charge in [-0.15, -0.1) is 0 Å². The van der Waals surface area contributed by atoms with Gasteiger partial charge in [-0.25, -0.2) is 0 Å². The van der Waals surface area contributed by atoms with Gasteiger partial charge in [-0.1, -0.05) is 23.2 Å². The van der Waals surface area contributed by atoms with Crippen molar-refractivity contribution in [3.8, 4) is 11.5 Å². The number of nitrogens with zero attached hydrogens (tertiary/aromatic N) is 3. The van der Waals surface area contributed by atoms with Crippen molar-refractivity contribution in [3.63, 3.8) is 0 Å². The molecule has 0 fully saturated rings. The van der Waals surface area contributed by atoms with E-state index in [1.54, 1.807) is 29.8 Å². The summed E-state index contributed by atoms with van der Waals surface area (Å²) in [7, 11) is 0. The number of carbonyl (C=O) groups excluding carboxylic acids is 1. The average Bonchev–Trinajstić information content (AvgIpc) is 2.95. The molecule has 162 valence electrons. The molecule has 1 aromatic heterocycles. The van der Waals surface area contributed by atoms with E-state index in [1.165, 1.54) is 18.2 Å². The lowest BCUT2D eigenvalue weighted by Crippen LogP contribution is -2.15. The third-order valence-corrected chi connectivity index (χ3v) is 5.57. The van der Waals surface area contributed by atoms with Crippen molar-refractivity contribution in [2.45, 2.75) is 33.7 Å². The normalized spacial score (nSPS) is 10.7. The van der Waals surface area contributed by atoms with Gasteiger partial charge in [0.05, 0.1) is 39.6 Å². The number of rotatable bonds is 7. The summed E-state index contributed by atoms with van der Waals surface area (Å²) >= 11 is 12.1. The first-order valence-electron chi connectivity index (χ1n) is 9.37. The Bertz CT molecular complexity index is 1160. The Labute approximate surface area is 188 Å². The number of aryl methyl sites for hydroxylation is 3. The largest absolute Gasteiger partial charge is 0.457 e. The molecule has 0 radical (unpaired) electrons. The maximum absolute atomic E-state index is 12.4. The molecule has 0 spiro atoms. The first-order valence-corrected chi connectivity index (χ1v) is 10.1. The molecule has 1 N–H and O–H groups in total. The molecule has 0 atom stereocenters. The lowest BCUT2D eigenvalue weighted by atomic mass is 10.2. The summed E-state index contributed by atoms with van der Waals surface area (Å²) in [6.07, 6.45) is 0.119. The summed E-state index contributed by atoms with van der Waals surface area (Å²) < 4.78 is 7.40. The van der Waals surface area contributed by atoms with Gasteiger partial charge in [-0.2, -0.15) is 5.10 Å². The fraction of sp³-hybridized carbons (Fsp3) is 0.238. The Balaban J connectivity index is 1.75. The van der Waals surface area contributed by atoms with Crippen molar-refractivity contribution in [2.24, 2.45) is 0 Å². The number of nitro benzene ring substituents is 1.